The molecule has 0 aromatic heterocycles. The van der Waals surface area contributed by atoms with Crippen molar-refractivity contribution in [2.45, 2.75) is 70.6 Å². The highest BCUT2D eigenvalue weighted by atomic mass is 16.8. The maximum atomic E-state index is 6.10. The fraction of sp³-hybridized carbons (Fsp3) is 1.00. The van der Waals surface area contributed by atoms with Crippen molar-refractivity contribution < 1.29 is 14.2 Å². The lowest BCUT2D eigenvalue weighted by Gasteiger charge is -2.27. The van der Waals surface area contributed by atoms with Gasteiger partial charge in [-0.2, -0.15) is 0 Å². The summed E-state index contributed by atoms with van der Waals surface area (Å²) < 4.78 is 17.4. The molecule has 4 atom stereocenters. The average molecular weight is 240 g/mol. The standard InChI is InChI=1S/C14H24O3/c1-2-15-13-9-11-8-12(16-14(11)17-13)10-6-4-3-5-7-10/h10-14H,2-9H2,1H3/t11-,12?,13?,14+/m1/s1. The zero-order valence-electron chi connectivity index (χ0n) is 10.8. The van der Waals surface area contributed by atoms with E-state index in [0.717, 1.165) is 18.9 Å². The van der Waals surface area contributed by atoms with Crippen molar-refractivity contribution >= 4 is 0 Å². The molecule has 0 aromatic rings. The van der Waals surface area contributed by atoms with E-state index in [2.05, 4.69) is 0 Å². The van der Waals surface area contributed by atoms with Crippen molar-refractivity contribution in [3.63, 3.8) is 0 Å². The second-order valence-electron chi connectivity index (χ2n) is 5.69. The van der Waals surface area contributed by atoms with Crippen LogP contribution in [0.25, 0.3) is 0 Å². The molecular formula is C14H24O3. The third kappa shape index (κ3) is 2.51. The van der Waals surface area contributed by atoms with Crippen molar-refractivity contribution in [3.05, 3.63) is 0 Å². The van der Waals surface area contributed by atoms with Crippen molar-refractivity contribution in [3.8, 4) is 0 Å². The van der Waals surface area contributed by atoms with Gasteiger partial charge < -0.3 is 14.2 Å². The predicted molar refractivity (Wildman–Crippen MR) is 64.5 cm³/mol. The Kier molecular flexibility index (Phi) is 3.69. The van der Waals surface area contributed by atoms with Crippen molar-refractivity contribution in [1.82, 2.24) is 0 Å². The molecule has 0 aromatic carbocycles. The lowest BCUT2D eigenvalue weighted by Crippen LogP contribution is -2.25. The van der Waals surface area contributed by atoms with Crippen molar-refractivity contribution in [2.24, 2.45) is 11.8 Å². The first kappa shape index (κ1) is 11.9. The predicted octanol–water partition coefficient (Wildman–Crippen LogP) is 3.08. The second kappa shape index (κ2) is 5.25. The van der Waals surface area contributed by atoms with E-state index in [1.165, 1.54) is 38.5 Å². The molecule has 0 N–H and O–H groups in total. The summed E-state index contributed by atoms with van der Waals surface area (Å²) in [5.41, 5.74) is 0. The van der Waals surface area contributed by atoms with Crippen LogP contribution in [0.15, 0.2) is 0 Å². The molecule has 0 bridgehead atoms. The lowest BCUT2D eigenvalue weighted by molar-refractivity contribution is -0.212. The number of rotatable bonds is 3. The van der Waals surface area contributed by atoms with E-state index < -0.39 is 0 Å². The molecule has 3 fully saturated rings. The lowest BCUT2D eigenvalue weighted by atomic mass is 9.83. The van der Waals surface area contributed by atoms with Gasteiger partial charge >= 0.3 is 0 Å². The summed E-state index contributed by atoms with van der Waals surface area (Å²) in [6, 6.07) is 0. The molecule has 1 aliphatic carbocycles. The van der Waals surface area contributed by atoms with Crippen LogP contribution in [0.1, 0.15) is 51.9 Å². The van der Waals surface area contributed by atoms with E-state index in [1.54, 1.807) is 0 Å². The van der Waals surface area contributed by atoms with Crippen LogP contribution >= 0.6 is 0 Å². The van der Waals surface area contributed by atoms with Crippen LogP contribution in [0.2, 0.25) is 0 Å². The molecule has 3 nitrogen and oxygen atoms in total. The topological polar surface area (TPSA) is 27.7 Å². The summed E-state index contributed by atoms with van der Waals surface area (Å²) >= 11 is 0. The molecule has 0 spiro atoms. The molecule has 1 saturated carbocycles. The SMILES string of the molecule is CCOC1C[C@H]2CC(C3CCCCC3)O[C@H]2O1. The number of hydrogen-bond acceptors (Lipinski definition) is 3. The normalized spacial score (nSPS) is 42.9. The fourth-order valence-electron chi connectivity index (χ4n) is 3.65. The number of ether oxygens (including phenoxy) is 3. The van der Waals surface area contributed by atoms with Crippen LogP contribution in [-0.2, 0) is 14.2 Å². The summed E-state index contributed by atoms with van der Waals surface area (Å²) in [6.45, 7) is 2.75. The minimum Gasteiger partial charge on any atom is -0.353 e. The summed E-state index contributed by atoms with van der Waals surface area (Å²) in [5.74, 6) is 1.38. The smallest absolute Gasteiger partial charge is 0.164 e. The molecule has 3 aliphatic rings. The Balaban J connectivity index is 1.51. The Morgan fingerprint density at radius 2 is 1.82 bits per heavy atom. The van der Waals surface area contributed by atoms with E-state index in [-0.39, 0.29) is 12.6 Å². The maximum absolute atomic E-state index is 6.10. The van der Waals surface area contributed by atoms with Crippen LogP contribution in [0.4, 0.5) is 0 Å². The van der Waals surface area contributed by atoms with Crippen LogP contribution in [-0.4, -0.2) is 25.3 Å². The minimum absolute atomic E-state index is 0.0118. The molecule has 2 saturated heterocycles. The zero-order chi connectivity index (χ0) is 11.7. The maximum Gasteiger partial charge on any atom is 0.164 e. The van der Waals surface area contributed by atoms with Gasteiger partial charge in [-0.25, -0.2) is 0 Å². The molecular weight excluding hydrogens is 216 g/mol. The minimum atomic E-state index is -0.0118. The first-order valence-electron chi connectivity index (χ1n) is 7.29. The van der Waals surface area contributed by atoms with Crippen LogP contribution in [0.3, 0.4) is 0 Å². The molecule has 2 unspecified atom stereocenters. The Morgan fingerprint density at radius 3 is 2.53 bits per heavy atom. The molecule has 17 heavy (non-hydrogen) atoms. The van der Waals surface area contributed by atoms with Gasteiger partial charge in [0.25, 0.3) is 0 Å². The van der Waals surface area contributed by atoms with Crippen LogP contribution in [0.5, 0.6) is 0 Å². The number of fused-ring (bicyclic) bond motifs is 1. The quantitative estimate of drug-likeness (QED) is 0.758. The average Bonchev–Trinajstić information content (AvgIpc) is 2.88. The van der Waals surface area contributed by atoms with E-state index in [0.29, 0.717) is 12.0 Å². The Labute approximate surface area is 104 Å². The molecule has 3 heteroatoms. The van der Waals surface area contributed by atoms with Gasteiger partial charge in [-0.3, -0.25) is 0 Å². The highest BCUT2D eigenvalue weighted by molar-refractivity contribution is 4.87. The Morgan fingerprint density at radius 1 is 1.00 bits per heavy atom. The van der Waals surface area contributed by atoms with Crippen molar-refractivity contribution in [1.29, 1.82) is 0 Å². The highest BCUT2D eigenvalue weighted by Gasteiger charge is 2.46. The van der Waals surface area contributed by atoms with Gasteiger partial charge in [-0.15, -0.1) is 0 Å². The molecule has 0 radical (unpaired) electrons. The summed E-state index contributed by atoms with van der Waals surface area (Å²) in [5, 5.41) is 0. The molecule has 98 valence electrons. The monoisotopic (exact) mass is 240 g/mol. The third-order valence-electron chi connectivity index (χ3n) is 4.54. The van der Waals surface area contributed by atoms with Crippen molar-refractivity contribution in [2.75, 3.05) is 6.61 Å². The van der Waals surface area contributed by atoms with Crippen LogP contribution < -0.4 is 0 Å². The summed E-state index contributed by atoms with van der Waals surface area (Å²) in [6.07, 6.45) is 9.62. The first-order valence-corrected chi connectivity index (χ1v) is 7.29. The van der Waals surface area contributed by atoms with Gasteiger partial charge in [-0.1, -0.05) is 19.3 Å². The van der Waals surface area contributed by atoms with Gasteiger partial charge in [-0.05, 0) is 32.1 Å². The van der Waals surface area contributed by atoms with Crippen LogP contribution in [0, 0.1) is 11.8 Å². The first-order chi connectivity index (χ1) is 8.36. The Hall–Kier alpha value is -0.120. The second-order valence-corrected chi connectivity index (χ2v) is 5.69. The van der Waals surface area contributed by atoms with Gasteiger partial charge in [0.1, 0.15) is 0 Å². The largest absolute Gasteiger partial charge is 0.353 e. The molecule has 2 heterocycles. The third-order valence-corrected chi connectivity index (χ3v) is 4.54. The molecule has 2 aliphatic heterocycles. The van der Waals surface area contributed by atoms with E-state index in [1.807, 2.05) is 6.92 Å². The van der Waals surface area contributed by atoms with Gasteiger partial charge in [0, 0.05) is 18.9 Å². The number of hydrogen-bond donors (Lipinski definition) is 0. The molecule has 3 rings (SSSR count). The van der Waals surface area contributed by atoms with E-state index >= 15 is 0 Å². The fourth-order valence-corrected chi connectivity index (χ4v) is 3.65. The summed E-state index contributed by atoms with van der Waals surface area (Å²) in [4.78, 5) is 0. The Bertz CT molecular complexity index is 236. The zero-order valence-corrected chi connectivity index (χ0v) is 10.8. The van der Waals surface area contributed by atoms with E-state index in [4.69, 9.17) is 14.2 Å². The van der Waals surface area contributed by atoms with Gasteiger partial charge in [0.15, 0.2) is 12.6 Å². The molecule has 0 amide bonds. The van der Waals surface area contributed by atoms with Gasteiger partial charge in [0.2, 0.25) is 0 Å². The van der Waals surface area contributed by atoms with E-state index in [9.17, 15) is 0 Å². The summed E-state index contributed by atoms with van der Waals surface area (Å²) in [7, 11) is 0. The highest BCUT2D eigenvalue weighted by Crippen LogP contribution is 2.43. The van der Waals surface area contributed by atoms with Gasteiger partial charge in [0.05, 0.1) is 6.10 Å².